The Hall–Kier alpha value is -6.21. The molecule has 2 rings (SSSR count). The number of likely N-dealkylation sites (tertiary alicyclic amines) is 1. The van der Waals surface area contributed by atoms with Crippen molar-refractivity contribution >= 4 is 65.0 Å². The maximum Gasteiger partial charge on any atom is 0.246 e. The summed E-state index contributed by atoms with van der Waals surface area (Å²) in [6, 6.07) is -13.8. The quantitative estimate of drug-likeness (QED) is 0.123. The highest BCUT2D eigenvalue weighted by molar-refractivity contribution is 6.00. The normalized spacial score (nSPS) is 28.6. The number of likely N-dealkylation sites (N-methyl/N-ethyl adjacent to an activating group) is 7. The number of aliphatic hydroxyl groups excluding tert-OH is 1. The van der Waals surface area contributed by atoms with Gasteiger partial charge in [0, 0.05) is 69.5 Å². The fourth-order valence-corrected chi connectivity index (χ4v) is 12.5. The first-order valence-corrected chi connectivity index (χ1v) is 33.8. The Morgan fingerprint density at radius 3 is 1.47 bits per heavy atom. The highest BCUT2D eigenvalue weighted by Gasteiger charge is 2.46. The van der Waals surface area contributed by atoms with Gasteiger partial charge < -0.3 is 70.3 Å². The standard InChI is InChI=1S/C68H122N12O13/c1-26-28-29-44(14)57(81)56-61(85)71-49(27-2)64(88)73(18)47(17)63(87)78(23)55(43(13)30-32-80-33-31-48(37-80)93-25)60(84)72-53(41(9)10)67(91)74(19)50(34-38(3)4)59(83)69-45(15)58(82)70-46(16)62(86)75(20)51(35-39(5)6)65(89)76(21)52(36-40(7)8)66(90)77(22)54(42(11)12)68(92)79(56)24/h26,28,38-57,81H,27,29-37H2,1-25H3,(H,69,83)(H,70,82)(H,71,85)(H,72,84)/b28-26+/t43-,44-,45+,46-,47-,48+,49+,50+,51+,52+,53+,54+,55+,56+,57-/m1/s1. The third kappa shape index (κ3) is 22.5. The number of rotatable bonds is 18. The molecule has 2 fully saturated rings. The lowest BCUT2D eigenvalue weighted by Crippen LogP contribution is -2.64. The molecule has 0 aromatic heterocycles. The van der Waals surface area contributed by atoms with Crippen molar-refractivity contribution < 1.29 is 62.6 Å². The zero-order chi connectivity index (χ0) is 71.5. The summed E-state index contributed by atoms with van der Waals surface area (Å²) >= 11 is 0. The van der Waals surface area contributed by atoms with Gasteiger partial charge in [-0.3, -0.25) is 52.7 Å². The van der Waals surface area contributed by atoms with E-state index < -0.39 is 161 Å². The van der Waals surface area contributed by atoms with Crippen LogP contribution in [-0.2, 0) is 57.5 Å². The molecule has 0 bridgehead atoms. The van der Waals surface area contributed by atoms with Crippen molar-refractivity contribution in [3.63, 3.8) is 0 Å². The van der Waals surface area contributed by atoms with Crippen LogP contribution in [0.3, 0.4) is 0 Å². The number of aliphatic hydroxyl groups is 1. The van der Waals surface area contributed by atoms with Crippen LogP contribution in [0.1, 0.15) is 163 Å². The third-order valence-electron chi connectivity index (χ3n) is 18.8. The number of carbonyl (C=O) groups excluding carboxylic acids is 11. The molecule has 532 valence electrons. The van der Waals surface area contributed by atoms with Crippen molar-refractivity contribution in [2.75, 3.05) is 76.1 Å². The summed E-state index contributed by atoms with van der Waals surface area (Å²) in [4.78, 5) is 174. The number of hydrogen-bond acceptors (Lipinski definition) is 14. The Bertz CT molecular complexity index is 2560. The van der Waals surface area contributed by atoms with Crippen LogP contribution in [0.25, 0.3) is 0 Å². The van der Waals surface area contributed by atoms with Gasteiger partial charge in [-0.1, -0.05) is 102 Å². The fourth-order valence-electron chi connectivity index (χ4n) is 12.5. The van der Waals surface area contributed by atoms with Crippen LogP contribution in [0.2, 0.25) is 0 Å². The first kappa shape index (κ1) is 82.9. The van der Waals surface area contributed by atoms with Crippen LogP contribution in [-0.4, -0.2) is 264 Å². The van der Waals surface area contributed by atoms with Crippen LogP contribution < -0.4 is 21.3 Å². The van der Waals surface area contributed by atoms with Gasteiger partial charge in [0.05, 0.1) is 12.2 Å². The predicted molar refractivity (Wildman–Crippen MR) is 359 cm³/mol. The molecule has 11 amide bonds. The molecule has 2 saturated heterocycles. The topological polar surface area (TPSA) is 291 Å². The van der Waals surface area contributed by atoms with Gasteiger partial charge in [0.15, 0.2) is 0 Å². The molecule has 0 aromatic carbocycles. The van der Waals surface area contributed by atoms with Crippen molar-refractivity contribution in [1.82, 2.24) is 60.5 Å². The van der Waals surface area contributed by atoms with Crippen LogP contribution in [0.15, 0.2) is 12.2 Å². The minimum absolute atomic E-state index is 0.00584. The number of ether oxygens (including phenoxy) is 1. The van der Waals surface area contributed by atoms with E-state index in [4.69, 9.17) is 4.74 Å². The average molecular weight is 1320 g/mol. The van der Waals surface area contributed by atoms with Gasteiger partial charge in [-0.2, -0.15) is 0 Å². The molecule has 0 aromatic rings. The molecular weight excluding hydrogens is 1190 g/mol. The van der Waals surface area contributed by atoms with Crippen molar-refractivity contribution in [2.45, 2.75) is 241 Å². The molecule has 5 N–H and O–H groups in total. The van der Waals surface area contributed by atoms with Crippen LogP contribution in [0.5, 0.6) is 0 Å². The zero-order valence-electron chi connectivity index (χ0n) is 61.2. The van der Waals surface area contributed by atoms with E-state index in [1.54, 1.807) is 61.7 Å². The SMILES string of the molecule is C/C=C/C[C@@H](C)[C@@H](O)[C@H]1C(=O)N[C@@H](CC)C(=O)N(C)[C@H](C)C(=O)N(C)[C@@H]([C@H](C)CCN2CC[C@H](OC)C2)C(=O)N[C@@H](C(C)C)C(=O)N(C)[C@@H](CC(C)C)C(=O)N[C@@H](C)C(=O)N[C@H](C)C(=O)N(C)[C@@H](CC(C)C)C(=O)N(C)[C@@H](CC(C)C)C(=O)N(C)[C@@H](C(C)C)C(=O)N1C. The smallest absolute Gasteiger partial charge is 0.246 e. The maximum absolute atomic E-state index is 15.3. The van der Waals surface area contributed by atoms with E-state index >= 15 is 24.0 Å². The Morgan fingerprint density at radius 1 is 0.516 bits per heavy atom. The van der Waals surface area contributed by atoms with Crippen LogP contribution in [0, 0.1) is 41.4 Å². The second-order valence-electron chi connectivity index (χ2n) is 28.5. The van der Waals surface area contributed by atoms with Gasteiger partial charge in [0.2, 0.25) is 65.0 Å². The molecule has 93 heavy (non-hydrogen) atoms. The molecule has 0 radical (unpaired) electrons. The van der Waals surface area contributed by atoms with Crippen molar-refractivity contribution in [2.24, 2.45) is 41.4 Å². The van der Waals surface area contributed by atoms with Gasteiger partial charge in [-0.15, -0.1) is 0 Å². The lowest BCUT2D eigenvalue weighted by molar-refractivity contribution is -0.157. The Kier molecular flexibility index (Phi) is 33.7. The Balaban J connectivity index is 3.04. The van der Waals surface area contributed by atoms with E-state index in [-0.39, 0.29) is 49.5 Å². The summed E-state index contributed by atoms with van der Waals surface area (Å²) in [5.41, 5.74) is 0. The number of nitrogens with one attached hydrogen (secondary N) is 4. The summed E-state index contributed by atoms with van der Waals surface area (Å²) in [5.74, 6) is -10.2. The lowest BCUT2D eigenvalue weighted by Gasteiger charge is -2.41. The molecule has 2 aliphatic rings. The van der Waals surface area contributed by atoms with Crippen molar-refractivity contribution in [3.8, 4) is 0 Å². The monoisotopic (exact) mass is 1310 g/mol. The molecule has 25 nitrogen and oxygen atoms in total. The molecular formula is C68H122N12O13. The lowest BCUT2D eigenvalue weighted by atomic mass is 9.91. The minimum Gasteiger partial charge on any atom is -0.390 e. The first-order valence-electron chi connectivity index (χ1n) is 33.8. The Labute approximate surface area is 556 Å². The van der Waals surface area contributed by atoms with Crippen LogP contribution in [0.4, 0.5) is 0 Å². The molecule has 0 saturated carbocycles. The largest absolute Gasteiger partial charge is 0.390 e. The third-order valence-corrected chi connectivity index (χ3v) is 18.8. The van der Waals surface area contributed by atoms with Crippen LogP contribution >= 0.6 is 0 Å². The summed E-state index contributed by atoms with van der Waals surface area (Å²) in [6.45, 7) is 31.6. The number of nitrogens with zero attached hydrogens (tertiary/aromatic N) is 8. The summed E-state index contributed by atoms with van der Waals surface area (Å²) in [5, 5.41) is 23.4. The van der Waals surface area contributed by atoms with Crippen molar-refractivity contribution in [1.29, 1.82) is 0 Å². The van der Waals surface area contributed by atoms with Crippen molar-refractivity contribution in [3.05, 3.63) is 12.2 Å². The molecule has 0 aliphatic carbocycles. The second-order valence-corrected chi connectivity index (χ2v) is 28.5. The number of carbonyl (C=O) groups is 11. The first-order chi connectivity index (χ1) is 43.1. The van der Waals surface area contributed by atoms with E-state index in [1.165, 1.54) is 99.5 Å². The predicted octanol–water partition coefficient (Wildman–Crippen LogP) is 3.36. The highest BCUT2D eigenvalue weighted by Crippen LogP contribution is 2.27. The average Bonchev–Trinajstić information content (AvgIpc) is 0.914. The fraction of sp³-hybridized carbons (Fsp3) is 0.809. The number of allylic oxidation sites excluding steroid dienone is 2. The number of amides is 11. The van der Waals surface area contributed by atoms with Gasteiger partial charge in [0.25, 0.3) is 0 Å². The van der Waals surface area contributed by atoms with Gasteiger partial charge in [-0.25, -0.2) is 0 Å². The number of methoxy groups -OCH3 is 1. The van der Waals surface area contributed by atoms with E-state index in [9.17, 15) is 33.9 Å². The Morgan fingerprint density at radius 2 is 0.989 bits per heavy atom. The van der Waals surface area contributed by atoms with E-state index in [2.05, 4.69) is 26.2 Å². The molecule has 2 heterocycles. The van der Waals surface area contributed by atoms with Gasteiger partial charge in [0.1, 0.15) is 66.5 Å². The van der Waals surface area contributed by atoms with E-state index in [0.717, 1.165) is 17.9 Å². The van der Waals surface area contributed by atoms with E-state index in [0.29, 0.717) is 25.9 Å². The van der Waals surface area contributed by atoms with Gasteiger partial charge >= 0.3 is 0 Å². The number of hydrogen-bond donors (Lipinski definition) is 5. The molecule has 0 spiro atoms. The molecule has 25 heteroatoms. The molecule has 15 atom stereocenters. The van der Waals surface area contributed by atoms with E-state index in [1.807, 2.05) is 54.5 Å². The minimum atomic E-state index is -1.63. The second kappa shape index (κ2) is 37.8. The summed E-state index contributed by atoms with van der Waals surface area (Å²) in [7, 11) is 11.7. The zero-order valence-corrected chi connectivity index (χ0v) is 61.2. The summed E-state index contributed by atoms with van der Waals surface area (Å²) < 4.78 is 5.61. The summed E-state index contributed by atoms with van der Waals surface area (Å²) in [6.07, 6.45) is 4.12. The van der Waals surface area contributed by atoms with Gasteiger partial charge in [-0.05, 0) is 121 Å². The maximum atomic E-state index is 15.3. The highest BCUT2D eigenvalue weighted by atomic mass is 16.5. The molecule has 2 aliphatic heterocycles. The molecule has 0 unspecified atom stereocenters.